The molecule has 0 saturated carbocycles. The number of hydrogen-bond donors (Lipinski definition) is 0. The van der Waals surface area contributed by atoms with Gasteiger partial charge in [-0.2, -0.15) is 0 Å². The zero-order valence-electron chi connectivity index (χ0n) is 13.7. The third-order valence-electron chi connectivity index (χ3n) is 3.77. The van der Waals surface area contributed by atoms with Crippen molar-refractivity contribution in [1.82, 2.24) is 0 Å². The summed E-state index contributed by atoms with van der Waals surface area (Å²) in [5, 5.41) is 0.704. The highest BCUT2D eigenvalue weighted by molar-refractivity contribution is 6.31. The predicted molar refractivity (Wildman–Crippen MR) is 101 cm³/mol. The first-order valence-corrected chi connectivity index (χ1v) is 8.26. The molecule has 126 valence electrons. The van der Waals surface area contributed by atoms with E-state index < -0.39 is 0 Å². The monoisotopic (exact) mass is 353 g/mol. The fourth-order valence-corrected chi connectivity index (χ4v) is 2.49. The third-order valence-corrected chi connectivity index (χ3v) is 4.18. The molecule has 0 fully saturated rings. The van der Waals surface area contributed by atoms with Crippen LogP contribution in [0.5, 0.6) is 5.75 Å². The van der Waals surface area contributed by atoms with E-state index in [4.69, 9.17) is 16.3 Å². The molecule has 4 heteroatoms. The third kappa shape index (κ3) is 4.68. The lowest BCUT2D eigenvalue weighted by Gasteiger charge is -2.06. The van der Waals surface area contributed by atoms with Gasteiger partial charge in [0.25, 0.3) is 0 Å². The maximum atomic E-state index is 13.1. The molecule has 0 unspecified atom stereocenters. The van der Waals surface area contributed by atoms with E-state index in [2.05, 4.69) is 4.99 Å². The van der Waals surface area contributed by atoms with Crippen LogP contribution >= 0.6 is 11.6 Å². The molecule has 0 aromatic heterocycles. The van der Waals surface area contributed by atoms with Crippen LogP contribution < -0.4 is 4.74 Å². The van der Waals surface area contributed by atoms with Gasteiger partial charge in [0.2, 0.25) is 0 Å². The van der Waals surface area contributed by atoms with Crippen LogP contribution in [0.3, 0.4) is 0 Å². The highest BCUT2D eigenvalue weighted by Gasteiger charge is 2.00. The first-order chi connectivity index (χ1) is 12.1. The summed E-state index contributed by atoms with van der Waals surface area (Å²) in [5.74, 6) is 0.462. The van der Waals surface area contributed by atoms with Crippen molar-refractivity contribution in [3.8, 4) is 5.75 Å². The minimum absolute atomic E-state index is 0.260. The Morgan fingerprint density at radius 2 is 1.80 bits per heavy atom. The lowest BCUT2D eigenvalue weighted by molar-refractivity contribution is 0.305. The van der Waals surface area contributed by atoms with Crippen LogP contribution in [0.2, 0.25) is 5.02 Å². The minimum atomic E-state index is -0.260. The molecule has 3 aromatic rings. The van der Waals surface area contributed by atoms with Gasteiger partial charge in [-0.3, -0.25) is 4.99 Å². The summed E-state index contributed by atoms with van der Waals surface area (Å²) in [4.78, 5) is 4.48. The Bertz CT molecular complexity index is 891. The van der Waals surface area contributed by atoms with Gasteiger partial charge in [-0.15, -0.1) is 0 Å². The van der Waals surface area contributed by atoms with Crippen LogP contribution in [0.1, 0.15) is 16.7 Å². The molecule has 3 aromatic carbocycles. The number of ether oxygens (including phenoxy) is 1. The lowest BCUT2D eigenvalue weighted by Crippen LogP contribution is -1.96. The number of nitrogens with zero attached hydrogens (tertiary/aromatic N) is 1. The van der Waals surface area contributed by atoms with E-state index in [-0.39, 0.29) is 5.82 Å². The Hall–Kier alpha value is -2.65. The summed E-state index contributed by atoms with van der Waals surface area (Å²) < 4.78 is 18.8. The summed E-state index contributed by atoms with van der Waals surface area (Å²) in [6, 6.07) is 19.6. The standard InChI is InChI=1S/C21H17ClFNO/c1-15-20(22)6-3-7-21(15)24-13-16-8-10-19(11-9-16)25-14-17-4-2-5-18(23)12-17/h2-13H,14H2,1H3. The molecule has 0 aliphatic rings. The van der Waals surface area contributed by atoms with Crippen molar-refractivity contribution in [2.24, 2.45) is 4.99 Å². The Morgan fingerprint density at radius 3 is 2.56 bits per heavy atom. The van der Waals surface area contributed by atoms with E-state index in [9.17, 15) is 4.39 Å². The van der Waals surface area contributed by atoms with Crippen molar-refractivity contribution in [2.75, 3.05) is 0 Å². The van der Waals surface area contributed by atoms with Crippen molar-refractivity contribution in [3.63, 3.8) is 0 Å². The Morgan fingerprint density at radius 1 is 1.04 bits per heavy atom. The molecule has 2 nitrogen and oxygen atoms in total. The fraction of sp³-hybridized carbons (Fsp3) is 0.0952. The van der Waals surface area contributed by atoms with Crippen molar-refractivity contribution in [2.45, 2.75) is 13.5 Å². The van der Waals surface area contributed by atoms with E-state index in [1.54, 1.807) is 12.3 Å². The molecule has 0 aliphatic heterocycles. The van der Waals surface area contributed by atoms with Gasteiger partial charge in [0.1, 0.15) is 18.2 Å². The second kappa shape index (κ2) is 7.95. The molecule has 3 rings (SSSR count). The van der Waals surface area contributed by atoms with Crippen LogP contribution in [0.4, 0.5) is 10.1 Å². The van der Waals surface area contributed by atoms with E-state index in [1.807, 2.05) is 55.5 Å². The largest absolute Gasteiger partial charge is 0.489 e. The van der Waals surface area contributed by atoms with E-state index >= 15 is 0 Å². The van der Waals surface area contributed by atoms with Gasteiger partial charge in [-0.25, -0.2) is 4.39 Å². The number of rotatable bonds is 5. The zero-order valence-corrected chi connectivity index (χ0v) is 14.5. The molecule has 0 atom stereocenters. The molecule has 0 saturated heterocycles. The molecule has 0 N–H and O–H groups in total. The molecule has 0 aliphatic carbocycles. The number of aliphatic imine (C=N–C) groups is 1. The minimum Gasteiger partial charge on any atom is -0.489 e. The van der Waals surface area contributed by atoms with Gasteiger partial charge in [-0.1, -0.05) is 29.8 Å². The summed E-state index contributed by atoms with van der Waals surface area (Å²) in [5.41, 5.74) is 3.55. The summed E-state index contributed by atoms with van der Waals surface area (Å²) in [6.07, 6.45) is 1.79. The molecule has 0 heterocycles. The average molecular weight is 354 g/mol. The first kappa shape index (κ1) is 17.2. The summed E-state index contributed by atoms with van der Waals surface area (Å²) in [7, 11) is 0. The van der Waals surface area contributed by atoms with Crippen molar-refractivity contribution < 1.29 is 9.13 Å². The maximum absolute atomic E-state index is 13.1. The predicted octanol–water partition coefficient (Wildman–Crippen LogP) is 6.12. The van der Waals surface area contributed by atoms with E-state index in [0.717, 1.165) is 28.1 Å². The topological polar surface area (TPSA) is 21.6 Å². The average Bonchev–Trinajstić information content (AvgIpc) is 2.62. The normalized spacial score (nSPS) is 11.0. The Kier molecular flexibility index (Phi) is 5.46. The van der Waals surface area contributed by atoms with Crippen LogP contribution in [0.15, 0.2) is 71.7 Å². The molecule has 0 radical (unpaired) electrons. The zero-order chi connectivity index (χ0) is 17.6. The smallest absolute Gasteiger partial charge is 0.123 e. The van der Waals surface area contributed by atoms with Gasteiger partial charge in [0, 0.05) is 11.2 Å². The van der Waals surface area contributed by atoms with Crippen LogP contribution in [0, 0.1) is 12.7 Å². The molecule has 0 bridgehead atoms. The van der Waals surface area contributed by atoms with Crippen molar-refractivity contribution >= 4 is 23.5 Å². The van der Waals surface area contributed by atoms with E-state index in [1.165, 1.54) is 12.1 Å². The van der Waals surface area contributed by atoms with Gasteiger partial charge in [0.15, 0.2) is 0 Å². The molecule has 0 amide bonds. The van der Waals surface area contributed by atoms with Crippen LogP contribution in [-0.2, 0) is 6.61 Å². The SMILES string of the molecule is Cc1c(Cl)cccc1N=Cc1ccc(OCc2cccc(F)c2)cc1. The van der Waals surface area contributed by atoms with Gasteiger partial charge in [-0.05, 0) is 72.1 Å². The Labute approximate surface area is 151 Å². The quantitative estimate of drug-likeness (QED) is 0.506. The van der Waals surface area contributed by atoms with E-state index in [0.29, 0.717) is 11.6 Å². The molecular weight excluding hydrogens is 337 g/mol. The second-order valence-corrected chi connectivity index (χ2v) is 6.04. The van der Waals surface area contributed by atoms with Crippen molar-refractivity contribution in [1.29, 1.82) is 0 Å². The second-order valence-electron chi connectivity index (χ2n) is 5.63. The first-order valence-electron chi connectivity index (χ1n) is 7.88. The van der Waals surface area contributed by atoms with Crippen LogP contribution in [0.25, 0.3) is 0 Å². The summed E-state index contributed by atoms with van der Waals surface area (Å²) in [6.45, 7) is 2.27. The molecule has 0 spiro atoms. The maximum Gasteiger partial charge on any atom is 0.123 e. The number of hydrogen-bond acceptors (Lipinski definition) is 2. The lowest BCUT2D eigenvalue weighted by atomic mass is 10.2. The van der Waals surface area contributed by atoms with Gasteiger partial charge in [0.05, 0.1) is 5.69 Å². The number of halogens is 2. The van der Waals surface area contributed by atoms with Crippen LogP contribution in [-0.4, -0.2) is 6.21 Å². The van der Waals surface area contributed by atoms with Gasteiger partial charge < -0.3 is 4.74 Å². The summed E-state index contributed by atoms with van der Waals surface area (Å²) >= 11 is 6.10. The highest BCUT2D eigenvalue weighted by atomic mass is 35.5. The fourth-order valence-electron chi connectivity index (χ4n) is 2.32. The molecule has 25 heavy (non-hydrogen) atoms. The number of benzene rings is 3. The van der Waals surface area contributed by atoms with Crippen molar-refractivity contribution in [3.05, 3.63) is 94.3 Å². The molecular formula is C21H17ClFNO. The highest BCUT2D eigenvalue weighted by Crippen LogP contribution is 2.25. The Balaban J connectivity index is 1.64. The van der Waals surface area contributed by atoms with Gasteiger partial charge >= 0.3 is 0 Å².